The van der Waals surface area contributed by atoms with Crippen molar-refractivity contribution in [2.24, 2.45) is 5.92 Å². The van der Waals surface area contributed by atoms with Crippen LogP contribution < -0.4 is 5.56 Å². The smallest absolute Gasteiger partial charge is 0.253 e. The molecular weight excluding hydrogens is 366 g/mol. The highest BCUT2D eigenvalue weighted by atomic mass is 16.2. The maximum atomic E-state index is 12.9. The first-order valence-electron chi connectivity index (χ1n) is 10.2. The standard InChI is InChI=1S/C22H27N5O2/c1-14(2)19-11-21(28)27(13-23-19)12-16-6-8-26(9-7-16)22(29)17-4-5-18-20(10-17)25-15(3)24-18/h4-5,10-11,13-14,16H,6-9,12H2,1-3H3,(H,24,25). The van der Waals surface area contributed by atoms with Crippen LogP contribution in [0.4, 0.5) is 0 Å². The molecule has 1 aromatic carbocycles. The molecule has 1 amide bonds. The van der Waals surface area contributed by atoms with Crippen molar-refractivity contribution >= 4 is 16.9 Å². The number of nitrogens with zero attached hydrogens (tertiary/aromatic N) is 4. The number of aromatic nitrogens is 4. The van der Waals surface area contributed by atoms with Gasteiger partial charge in [0.15, 0.2) is 0 Å². The minimum absolute atomic E-state index is 0.00496. The van der Waals surface area contributed by atoms with E-state index in [4.69, 9.17) is 0 Å². The first-order valence-corrected chi connectivity index (χ1v) is 10.2. The molecule has 152 valence electrons. The molecule has 0 aliphatic carbocycles. The molecule has 0 saturated carbocycles. The van der Waals surface area contributed by atoms with Crippen molar-refractivity contribution < 1.29 is 4.79 Å². The van der Waals surface area contributed by atoms with Crippen LogP contribution in [0.1, 0.15) is 54.5 Å². The molecule has 0 bridgehead atoms. The first kappa shape index (κ1) is 19.4. The summed E-state index contributed by atoms with van der Waals surface area (Å²) in [5, 5.41) is 0. The van der Waals surface area contributed by atoms with E-state index in [2.05, 4.69) is 15.0 Å². The topological polar surface area (TPSA) is 83.9 Å². The predicted octanol–water partition coefficient (Wildman–Crippen LogP) is 3.10. The lowest BCUT2D eigenvalue weighted by Gasteiger charge is -2.32. The van der Waals surface area contributed by atoms with Crippen LogP contribution in [0.15, 0.2) is 35.4 Å². The van der Waals surface area contributed by atoms with E-state index in [1.54, 1.807) is 17.0 Å². The molecule has 0 spiro atoms. The summed E-state index contributed by atoms with van der Waals surface area (Å²) in [6.45, 7) is 8.04. The molecule has 7 nitrogen and oxygen atoms in total. The van der Waals surface area contributed by atoms with Gasteiger partial charge in [-0.2, -0.15) is 0 Å². The number of nitrogens with one attached hydrogen (secondary N) is 1. The average Bonchev–Trinajstić information content (AvgIpc) is 3.08. The second-order valence-electron chi connectivity index (χ2n) is 8.25. The van der Waals surface area contributed by atoms with Gasteiger partial charge in [0.2, 0.25) is 0 Å². The molecule has 1 fully saturated rings. The average molecular weight is 393 g/mol. The van der Waals surface area contributed by atoms with Crippen molar-refractivity contribution in [2.75, 3.05) is 13.1 Å². The van der Waals surface area contributed by atoms with E-state index < -0.39 is 0 Å². The van der Waals surface area contributed by atoms with Gasteiger partial charge in [-0.1, -0.05) is 13.8 Å². The Hall–Kier alpha value is -2.96. The van der Waals surface area contributed by atoms with Gasteiger partial charge in [-0.05, 0) is 49.8 Å². The van der Waals surface area contributed by atoms with E-state index in [1.165, 1.54) is 0 Å². The fourth-order valence-electron chi connectivity index (χ4n) is 3.94. The third-order valence-corrected chi connectivity index (χ3v) is 5.70. The molecule has 7 heteroatoms. The van der Waals surface area contributed by atoms with Gasteiger partial charge >= 0.3 is 0 Å². The summed E-state index contributed by atoms with van der Waals surface area (Å²) in [5.41, 5.74) is 3.28. The molecule has 29 heavy (non-hydrogen) atoms. The minimum Gasteiger partial charge on any atom is -0.342 e. The number of aryl methyl sites for hydroxylation is 1. The molecular formula is C22H27N5O2. The van der Waals surface area contributed by atoms with Crippen molar-refractivity contribution in [1.82, 2.24) is 24.4 Å². The number of aromatic amines is 1. The van der Waals surface area contributed by atoms with Crippen molar-refractivity contribution in [3.63, 3.8) is 0 Å². The number of carbonyl (C=O) groups excluding carboxylic acids is 1. The van der Waals surface area contributed by atoms with E-state index in [0.29, 0.717) is 31.1 Å². The highest BCUT2D eigenvalue weighted by Crippen LogP contribution is 2.22. The molecule has 1 aliphatic heterocycles. The largest absolute Gasteiger partial charge is 0.342 e. The lowest BCUT2D eigenvalue weighted by molar-refractivity contribution is 0.0682. The molecule has 0 radical (unpaired) electrons. The highest BCUT2D eigenvalue weighted by molar-refractivity contribution is 5.97. The molecule has 1 N–H and O–H groups in total. The van der Waals surface area contributed by atoms with Crippen LogP contribution in [0.5, 0.6) is 0 Å². The molecule has 1 saturated heterocycles. The highest BCUT2D eigenvalue weighted by Gasteiger charge is 2.24. The normalized spacial score (nSPS) is 15.4. The van der Waals surface area contributed by atoms with E-state index >= 15 is 0 Å². The number of H-pyrrole nitrogens is 1. The van der Waals surface area contributed by atoms with E-state index in [0.717, 1.165) is 35.4 Å². The van der Waals surface area contributed by atoms with Crippen LogP contribution in [-0.4, -0.2) is 43.4 Å². The lowest BCUT2D eigenvalue weighted by atomic mass is 9.96. The van der Waals surface area contributed by atoms with Gasteiger partial charge in [-0.25, -0.2) is 9.97 Å². The van der Waals surface area contributed by atoms with Gasteiger partial charge in [-0.15, -0.1) is 0 Å². The number of amides is 1. The number of benzene rings is 1. The van der Waals surface area contributed by atoms with Gasteiger partial charge in [0, 0.05) is 31.3 Å². The van der Waals surface area contributed by atoms with Gasteiger partial charge < -0.3 is 9.88 Å². The summed E-state index contributed by atoms with van der Waals surface area (Å²) in [4.78, 5) is 39.1. The number of likely N-dealkylation sites (tertiary alicyclic amines) is 1. The zero-order valence-corrected chi connectivity index (χ0v) is 17.2. The van der Waals surface area contributed by atoms with Crippen molar-refractivity contribution in [3.05, 3.63) is 58.0 Å². The molecule has 3 aromatic rings. The summed E-state index contributed by atoms with van der Waals surface area (Å²) >= 11 is 0. The van der Waals surface area contributed by atoms with E-state index in [9.17, 15) is 9.59 Å². The zero-order chi connectivity index (χ0) is 20.5. The number of hydrogen-bond acceptors (Lipinski definition) is 4. The third kappa shape index (κ3) is 4.09. The lowest BCUT2D eigenvalue weighted by Crippen LogP contribution is -2.40. The van der Waals surface area contributed by atoms with Crippen LogP contribution in [0.2, 0.25) is 0 Å². The van der Waals surface area contributed by atoms with Gasteiger partial charge in [0.1, 0.15) is 5.82 Å². The Bertz CT molecular complexity index is 1090. The Labute approximate surface area is 169 Å². The van der Waals surface area contributed by atoms with Gasteiger partial charge in [0.05, 0.1) is 23.1 Å². The Morgan fingerprint density at radius 3 is 2.69 bits per heavy atom. The molecule has 2 aromatic heterocycles. The Balaban J connectivity index is 1.38. The van der Waals surface area contributed by atoms with Crippen LogP contribution >= 0.6 is 0 Å². The van der Waals surface area contributed by atoms with Gasteiger partial charge in [0.25, 0.3) is 11.5 Å². The molecule has 4 rings (SSSR count). The maximum Gasteiger partial charge on any atom is 0.253 e. The fourth-order valence-corrected chi connectivity index (χ4v) is 3.94. The quantitative estimate of drug-likeness (QED) is 0.738. The second-order valence-corrected chi connectivity index (χ2v) is 8.25. The predicted molar refractivity (Wildman–Crippen MR) is 112 cm³/mol. The third-order valence-electron chi connectivity index (χ3n) is 5.70. The number of piperidine rings is 1. The number of fused-ring (bicyclic) bond motifs is 1. The van der Waals surface area contributed by atoms with Crippen molar-refractivity contribution in [1.29, 1.82) is 0 Å². The van der Waals surface area contributed by atoms with Crippen LogP contribution in [0.3, 0.4) is 0 Å². The summed E-state index contributed by atoms with van der Waals surface area (Å²) < 4.78 is 1.70. The number of imidazole rings is 1. The second kappa shape index (κ2) is 7.81. The van der Waals surface area contributed by atoms with Crippen LogP contribution in [0.25, 0.3) is 11.0 Å². The molecule has 0 unspecified atom stereocenters. The fraction of sp³-hybridized carbons (Fsp3) is 0.455. The summed E-state index contributed by atoms with van der Waals surface area (Å²) in [5.74, 6) is 1.52. The Kier molecular flexibility index (Phi) is 5.22. The minimum atomic E-state index is 0.00496. The Morgan fingerprint density at radius 2 is 2.00 bits per heavy atom. The summed E-state index contributed by atoms with van der Waals surface area (Å²) in [6, 6.07) is 7.25. The first-order chi connectivity index (χ1) is 13.9. The van der Waals surface area contributed by atoms with E-state index in [-0.39, 0.29) is 17.4 Å². The Morgan fingerprint density at radius 1 is 1.24 bits per heavy atom. The van der Waals surface area contributed by atoms with Crippen molar-refractivity contribution in [3.8, 4) is 0 Å². The molecule has 3 heterocycles. The number of hydrogen-bond donors (Lipinski definition) is 1. The molecule has 1 aliphatic rings. The van der Waals surface area contributed by atoms with E-state index in [1.807, 2.05) is 43.9 Å². The summed E-state index contributed by atoms with van der Waals surface area (Å²) in [6.07, 6.45) is 3.43. The number of carbonyl (C=O) groups is 1. The van der Waals surface area contributed by atoms with Crippen molar-refractivity contribution in [2.45, 2.75) is 46.1 Å². The van der Waals surface area contributed by atoms with Gasteiger partial charge in [-0.3, -0.25) is 14.2 Å². The van der Waals surface area contributed by atoms with Crippen LogP contribution in [-0.2, 0) is 6.54 Å². The zero-order valence-electron chi connectivity index (χ0n) is 17.2. The molecule has 0 atom stereocenters. The number of rotatable bonds is 4. The SMILES string of the molecule is Cc1nc2ccc(C(=O)N3CCC(Cn4cnc(C(C)C)cc4=O)CC3)cc2[nH]1. The maximum absolute atomic E-state index is 12.9. The van der Waals surface area contributed by atoms with Crippen LogP contribution in [0, 0.1) is 12.8 Å². The monoisotopic (exact) mass is 393 g/mol. The summed E-state index contributed by atoms with van der Waals surface area (Å²) in [7, 11) is 0.